The van der Waals surface area contributed by atoms with Gasteiger partial charge in [0, 0.05) is 13.6 Å². The Morgan fingerprint density at radius 2 is 1.95 bits per heavy atom. The van der Waals surface area contributed by atoms with E-state index in [-0.39, 0.29) is 13.0 Å². The fourth-order valence-electron chi connectivity index (χ4n) is 1.41. The Labute approximate surface area is 111 Å². The first-order valence-corrected chi connectivity index (χ1v) is 5.34. The van der Waals surface area contributed by atoms with Crippen LogP contribution in [0, 0.1) is 21.7 Å². The number of nitrogens with zero attached hydrogens (tertiary/aromatic N) is 2. The maximum absolute atomic E-state index is 13.6. The molecule has 1 aromatic rings. The number of nitro benzene ring substituents is 1. The smallest absolute Gasteiger partial charge is 0.307 e. The molecule has 0 aliphatic carbocycles. The van der Waals surface area contributed by atoms with Gasteiger partial charge in [0.25, 0.3) is 5.91 Å². The Morgan fingerprint density at radius 3 is 2.45 bits per heavy atom. The Hall–Kier alpha value is -2.58. The molecule has 1 aromatic carbocycles. The van der Waals surface area contributed by atoms with E-state index < -0.39 is 39.7 Å². The fraction of sp³-hybridized carbons (Fsp3) is 0.273. The molecule has 0 bridgehead atoms. The zero-order chi connectivity index (χ0) is 15.4. The van der Waals surface area contributed by atoms with Crippen molar-refractivity contribution >= 4 is 17.6 Å². The molecule has 9 heteroatoms. The van der Waals surface area contributed by atoms with Crippen LogP contribution < -0.4 is 0 Å². The van der Waals surface area contributed by atoms with Crippen LogP contribution in [-0.2, 0) is 4.79 Å². The number of hydrogen-bond donors (Lipinski definition) is 1. The molecule has 0 aromatic heterocycles. The van der Waals surface area contributed by atoms with Crippen molar-refractivity contribution in [2.75, 3.05) is 13.6 Å². The highest BCUT2D eigenvalue weighted by atomic mass is 19.1. The molecule has 7 nitrogen and oxygen atoms in total. The van der Waals surface area contributed by atoms with Crippen LogP contribution in [0.25, 0.3) is 0 Å². The SMILES string of the molecule is CN(CCC(=O)O)C(=O)c1cc(F)c([N+](=O)[O-])cc1F. The summed E-state index contributed by atoms with van der Waals surface area (Å²) in [6, 6.07) is 0.737. The number of benzene rings is 1. The van der Waals surface area contributed by atoms with E-state index in [1.165, 1.54) is 7.05 Å². The summed E-state index contributed by atoms with van der Waals surface area (Å²) >= 11 is 0. The molecule has 0 aliphatic rings. The molecule has 1 N–H and O–H groups in total. The lowest BCUT2D eigenvalue weighted by molar-refractivity contribution is -0.387. The van der Waals surface area contributed by atoms with E-state index in [0.717, 1.165) is 4.90 Å². The summed E-state index contributed by atoms with van der Waals surface area (Å²) in [5.74, 6) is -4.70. The molecule has 0 saturated carbocycles. The van der Waals surface area contributed by atoms with E-state index in [4.69, 9.17) is 5.11 Å². The van der Waals surface area contributed by atoms with Crippen LogP contribution >= 0.6 is 0 Å². The minimum Gasteiger partial charge on any atom is -0.481 e. The monoisotopic (exact) mass is 288 g/mol. The van der Waals surface area contributed by atoms with Gasteiger partial charge in [0.1, 0.15) is 5.82 Å². The van der Waals surface area contributed by atoms with Gasteiger partial charge in [-0.25, -0.2) is 4.39 Å². The van der Waals surface area contributed by atoms with Crippen LogP contribution in [0.3, 0.4) is 0 Å². The fourth-order valence-corrected chi connectivity index (χ4v) is 1.41. The van der Waals surface area contributed by atoms with E-state index in [1.807, 2.05) is 0 Å². The molecule has 1 rings (SSSR count). The highest BCUT2D eigenvalue weighted by Crippen LogP contribution is 2.22. The molecule has 0 radical (unpaired) electrons. The second-order valence-corrected chi connectivity index (χ2v) is 3.91. The van der Waals surface area contributed by atoms with Crippen molar-refractivity contribution in [3.63, 3.8) is 0 Å². The molecule has 0 saturated heterocycles. The number of carboxylic acid groups (broad SMARTS) is 1. The first-order valence-electron chi connectivity index (χ1n) is 5.34. The molecule has 0 heterocycles. The molecule has 0 spiro atoms. The highest BCUT2D eigenvalue weighted by Gasteiger charge is 2.24. The minimum absolute atomic E-state index is 0.202. The van der Waals surface area contributed by atoms with Crippen LogP contribution in [0.1, 0.15) is 16.8 Å². The van der Waals surface area contributed by atoms with Crippen molar-refractivity contribution in [3.8, 4) is 0 Å². The molecule has 1 amide bonds. The van der Waals surface area contributed by atoms with Crippen molar-refractivity contribution in [1.29, 1.82) is 0 Å². The van der Waals surface area contributed by atoms with Crippen LogP contribution in [0.5, 0.6) is 0 Å². The van der Waals surface area contributed by atoms with E-state index in [9.17, 15) is 28.5 Å². The molecule has 20 heavy (non-hydrogen) atoms. The average molecular weight is 288 g/mol. The summed E-state index contributed by atoms with van der Waals surface area (Å²) in [4.78, 5) is 32.3. The number of carbonyl (C=O) groups is 2. The van der Waals surface area contributed by atoms with Crippen LogP contribution in [0.4, 0.5) is 14.5 Å². The maximum atomic E-state index is 13.6. The Bertz CT molecular complexity index is 576. The van der Waals surface area contributed by atoms with Gasteiger partial charge in [-0.15, -0.1) is 0 Å². The van der Waals surface area contributed by atoms with Gasteiger partial charge in [-0.1, -0.05) is 0 Å². The predicted octanol–water partition coefficient (Wildman–Crippen LogP) is 1.42. The van der Waals surface area contributed by atoms with Crippen LogP contribution in [-0.4, -0.2) is 40.4 Å². The number of carboxylic acids is 1. The zero-order valence-electron chi connectivity index (χ0n) is 10.3. The Morgan fingerprint density at radius 1 is 1.35 bits per heavy atom. The Balaban J connectivity index is 3.02. The van der Waals surface area contributed by atoms with Crippen molar-refractivity contribution in [2.24, 2.45) is 0 Å². The van der Waals surface area contributed by atoms with Gasteiger partial charge in [-0.05, 0) is 6.07 Å². The number of carbonyl (C=O) groups excluding carboxylic acids is 1. The summed E-state index contributed by atoms with van der Waals surface area (Å²) in [6.45, 7) is -0.202. The zero-order valence-corrected chi connectivity index (χ0v) is 10.3. The lowest BCUT2D eigenvalue weighted by Gasteiger charge is -2.16. The number of aliphatic carboxylic acids is 1. The van der Waals surface area contributed by atoms with Gasteiger partial charge in [-0.3, -0.25) is 19.7 Å². The third kappa shape index (κ3) is 3.46. The van der Waals surface area contributed by atoms with Gasteiger partial charge in [0.2, 0.25) is 5.82 Å². The normalized spacial score (nSPS) is 10.2. The Kier molecular flexibility index (Phi) is 4.68. The maximum Gasteiger partial charge on any atom is 0.307 e. The van der Waals surface area contributed by atoms with Crippen LogP contribution in [0.2, 0.25) is 0 Å². The van der Waals surface area contributed by atoms with E-state index in [2.05, 4.69) is 0 Å². The molecule has 0 aliphatic heterocycles. The van der Waals surface area contributed by atoms with Crippen molar-refractivity contribution in [3.05, 3.63) is 39.4 Å². The molecule has 0 unspecified atom stereocenters. The second-order valence-electron chi connectivity index (χ2n) is 3.91. The third-order valence-corrected chi connectivity index (χ3v) is 2.47. The molecule has 0 fully saturated rings. The standard InChI is InChI=1S/C11H10F2N2O5/c1-14(3-2-10(16)17)11(18)6-4-8(13)9(15(19)20)5-7(6)12/h4-5H,2-3H2,1H3,(H,16,17). The number of halogens is 2. The minimum atomic E-state index is -1.34. The van der Waals surface area contributed by atoms with Crippen LogP contribution in [0.15, 0.2) is 12.1 Å². The average Bonchev–Trinajstić information content (AvgIpc) is 2.36. The third-order valence-electron chi connectivity index (χ3n) is 2.47. The van der Waals surface area contributed by atoms with Gasteiger partial charge in [0.15, 0.2) is 0 Å². The van der Waals surface area contributed by atoms with E-state index in [0.29, 0.717) is 12.1 Å². The second kappa shape index (κ2) is 6.04. The summed E-state index contributed by atoms with van der Waals surface area (Å²) in [7, 11) is 1.21. The van der Waals surface area contributed by atoms with Gasteiger partial charge < -0.3 is 10.0 Å². The lowest BCUT2D eigenvalue weighted by atomic mass is 10.1. The van der Waals surface area contributed by atoms with Gasteiger partial charge in [0.05, 0.1) is 23.0 Å². The van der Waals surface area contributed by atoms with Crippen molar-refractivity contribution < 1.29 is 28.4 Å². The van der Waals surface area contributed by atoms with Gasteiger partial charge in [-0.2, -0.15) is 4.39 Å². The lowest BCUT2D eigenvalue weighted by Crippen LogP contribution is -2.29. The van der Waals surface area contributed by atoms with Crippen molar-refractivity contribution in [1.82, 2.24) is 4.90 Å². The highest BCUT2D eigenvalue weighted by molar-refractivity contribution is 5.94. The summed E-state index contributed by atoms with van der Waals surface area (Å²) in [6.07, 6.45) is -0.362. The molecule has 0 atom stereocenters. The number of rotatable bonds is 5. The molecular formula is C11H10F2N2O5. The van der Waals surface area contributed by atoms with E-state index >= 15 is 0 Å². The largest absolute Gasteiger partial charge is 0.481 e. The molecular weight excluding hydrogens is 278 g/mol. The predicted molar refractivity (Wildman–Crippen MR) is 62.2 cm³/mol. The number of nitro groups is 1. The first kappa shape index (κ1) is 15.5. The summed E-state index contributed by atoms with van der Waals surface area (Å²) in [5, 5.41) is 18.9. The van der Waals surface area contributed by atoms with E-state index in [1.54, 1.807) is 0 Å². The van der Waals surface area contributed by atoms with Crippen molar-refractivity contribution in [2.45, 2.75) is 6.42 Å². The molecule has 108 valence electrons. The number of amides is 1. The first-order chi connectivity index (χ1) is 9.23. The topological polar surface area (TPSA) is 101 Å². The quantitative estimate of drug-likeness (QED) is 0.652. The van der Waals surface area contributed by atoms with Gasteiger partial charge >= 0.3 is 11.7 Å². The summed E-state index contributed by atoms with van der Waals surface area (Å²) in [5.41, 5.74) is -1.77. The summed E-state index contributed by atoms with van der Waals surface area (Å²) < 4.78 is 26.9. The number of hydrogen-bond acceptors (Lipinski definition) is 4.